The molecule has 1 saturated carbocycles. The Morgan fingerprint density at radius 1 is 0.952 bits per heavy atom. The molecule has 3 aromatic carbocycles. The smallest absolute Gasteiger partial charge is 0.164 e. The summed E-state index contributed by atoms with van der Waals surface area (Å²) in [6.07, 6.45) is 7.39. The van der Waals surface area contributed by atoms with Gasteiger partial charge in [0, 0.05) is 40.0 Å². The third-order valence-electron chi connectivity index (χ3n) is 8.38. The van der Waals surface area contributed by atoms with Crippen LogP contribution in [0.3, 0.4) is 0 Å². The second-order valence-corrected chi connectivity index (χ2v) is 11.1. The topological polar surface area (TPSA) is 107 Å². The average Bonchev–Trinajstić information content (AvgIpc) is 3.61. The van der Waals surface area contributed by atoms with Crippen LogP contribution in [-0.4, -0.2) is 35.5 Å². The van der Waals surface area contributed by atoms with Gasteiger partial charge in [0.05, 0.1) is 24.6 Å². The highest BCUT2D eigenvalue weighted by atomic mass is 19.1. The molecule has 1 fully saturated rings. The molecule has 0 atom stereocenters. The molecule has 0 spiro atoms. The minimum absolute atomic E-state index is 0.0361. The Bertz CT molecular complexity index is 1890. The Labute approximate surface area is 242 Å². The van der Waals surface area contributed by atoms with E-state index in [0.717, 1.165) is 70.1 Å². The van der Waals surface area contributed by atoms with Crippen molar-refractivity contribution in [1.29, 1.82) is 0 Å². The van der Waals surface area contributed by atoms with Crippen LogP contribution in [0.15, 0.2) is 85.3 Å². The number of nitrogens with zero attached hydrogens (tertiary/aromatic N) is 5. The first-order chi connectivity index (χ1) is 20.6. The van der Waals surface area contributed by atoms with Crippen molar-refractivity contribution < 1.29 is 9.50 Å². The third-order valence-corrected chi connectivity index (χ3v) is 8.38. The minimum Gasteiger partial charge on any atom is -0.392 e. The van der Waals surface area contributed by atoms with Crippen LogP contribution in [0, 0.1) is 5.82 Å². The zero-order valence-corrected chi connectivity index (χ0v) is 23.1. The predicted molar refractivity (Wildman–Crippen MR) is 163 cm³/mol. The molecule has 7 rings (SSSR count). The summed E-state index contributed by atoms with van der Waals surface area (Å²) in [4.78, 5) is 8.91. The maximum absolute atomic E-state index is 14.3. The van der Waals surface area contributed by atoms with Crippen molar-refractivity contribution in [2.75, 3.05) is 11.1 Å². The zero-order valence-electron chi connectivity index (χ0n) is 23.1. The number of benzene rings is 3. The van der Waals surface area contributed by atoms with Gasteiger partial charge in [-0.25, -0.2) is 19.0 Å². The molecule has 42 heavy (non-hydrogen) atoms. The Morgan fingerprint density at radius 2 is 1.81 bits per heavy atom. The molecule has 1 aliphatic rings. The molecule has 0 unspecified atom stereocenters. The number of aromatic nitrogens is 5. The number of aliphatic hydroxyl groups is 1. The first-order valence-corrected chi connectivity index (χ1v) is 14.3. The first-order valence-electron chi connectivity index (χ1n) is 14.3. The molecule has 4 N–H and O–H groups in total. The van der Waals surface area contributed by atoms with E-state index in [9.17, 15) is 9.50 Å². The molecule has 3 aromatic heterocycles. The molecular formula is C33H32FN7O. The van der Waals surface area contributed by atoms with Crippen LogP contribution in [0.2, 0.25) is 0 Å². The number of halogens is 1. The second-order valence-electron chi connectivity index (χ2n) is 11.1. The lowest BCUT2D eigenvalue weighted by molar-refractivity contribution is 0.282. The quantitative estimate of drug-likeness (QED) is 0.211. The summed E-state index contributed by atoms with van der Waals surface area (Å²) in [6.45, 7) is 0.493. The van der Waals surface area contributed by atoms with Crippen molar-refractivity contribution in [3.63, 3.8) is 0 Å². The number of fused-ring (bicyclic) bond motifs is 2. The van der Waals surface area contributed by atoms with Gasteiger partial charge in [-0.05, 0) is 67.6 Å². The molecule has 8 nitrogen and oxygen atoms in total. The predicted octanol–water partition coefficient (Wildman–Crippen LogP) is 6.31. The summed E-state index contributed by atoms with van der Waals surface area (Å²) < 4.78 is 18.4. The number of aliphatic hydroxyl groups excluding tert-OH is 1. The fourth-order valence-corrected chi connectivity index (χ4v) is 6.21. The van der Waals surface area contributed by atoms with Gasteiger partial charge in [-0.15, -0.1) is 0 Å². The van der Waals surface area contributed by atoms with E-state index >= 15 is 0 Å². The second kappa shape index (κ2) is 10.9. The van der Waals surface area contributed by atoms with Crippen LogP contribution in [0.4, 0.5) is 15.9 Å². The highest BCUT2D eigenvalue weighted by molar-refractivity contribution is 6.00. The molecule has 0 radical (unpaired) electrons. The van der Waals surface area contributed by atoms with Gasteiger partial charge >= 0.3 is 0 Å². The van der Waals surface area contributed by atoms with Crippen LogP contribution in [0.1, 0.15) is 42.9 Å². The first kappa shape index (κ1) is 26.2. The number of hydrogen-bond donors (Lipinski definition) is 3. The number of rotatable bonds is 7. The molecule has 6 aromatic rings. The van der Waals surface area contributed by atoms with Crippen LogP contribution >= 0.6 is 0 Å². The minimum atomic E-state index is -0.204. The zero-order chi connectivity index (χ0) is 28.6. The number of anilines is 2. The average molecular weight is 562 g/mol. The van der Waals surface area contributed by atoms with Crippen LogP contribution in [0.5, 0.6) is 0 Å². The number of nitrogens with two attached hydrogens (primary N) is 1. The van der Waals surface area contributed by atoms with E-state index in [1.807, 2.05) is 59.4 Å². The van der Waals surface area contributed by atoms with E-state index in [1.54, 1.807) is 6.07 Å². The Hall–Kier alpha value is -4.76. The lowest BCUT2D eigenvalue weighted by Gasteiger charge is -2.30. The number of nitrogen functional groups attached to an aromatic ring is 1. The maximum atomic E-state index is 14.3. The maximum Gasteiger partial charge on any atom is 0.164 e. The van der Waals surface area contributed by atoms with E-state index in [1.165, 1.54) is 12.4 Å². The molecule has 212 valence electrons. The monoisotopic (exact) mass is 561 g/mol. The Balaban J connectivity index is 1.16. The van der Waals surface area contributed by atoms with Crippen molar-refractivity contribution >= 4 is 33.4 Å². The van der Waals surface area contributed by atoms with Gasteiger partial charge in [-0.1, -0.05) is 36.4 Å². The van der Waals surface area contributed by atoms with Gasteiger partial charge in [0.25, 0.3) is 0 Å². The number of nitrogens with one attached hydrogen (secondary N) is 1. The standard InChI is InChI=1S/C33H32FN7O/c34-28-7-2-1-5-24(28)18-40-15-14-22-17-23(8-13-29(22)40)31-30-32(35)36-20-37-33(30)41(39-31)27-11-9-25(10-12-27)38-26-6-3-4-21(16-26)19-42/h1-8,13-17,20,25,27,38,42H,9-12,18-19H2,(H2,35,36,37). The summed E-state index contributed by atoms with van der Waals surface area (Å²) in [6, 6.07) is 23.6. The molecular weight excluding hydrogens is 529 g/mol. The summed E-state index contributed by atoms with van der Waals surface area (Å²) in [5, 5.41) is 20.0. The van der Waals surface area contributed by atoms with Crippen molar-refractivity contribution in [2.24, 2.45) is 0 Å². The summed E-state index contributed by atoms with van der Waals surface area (Å²) >= 11 is 0. The molecule has 9 heteroatoms. The van der Waals surface area contributed by atoms with Crippen molar-refractivity contribution in [3.8, 4) is 11.3 Å². The highest BCUT2D eigenvalue weighted by Crippen LogP contribution is 2.37. The van der Waals surface area contributed by atoms with Crippen LogP contribution in [-0.2, 0) is 13.2 Å². The Kier molecular flexibility index (Phi) is 6.79. The van der Waals surface area contributed by atoms with Crippen molar-refractivity contribution in [3.05, 3.63) is 102 Å². The van der Waals surface area contributed by atoms with Gasteiger partial charge in [-0.2, -0.15) is 5.10 Å². The lowest BCUT2D eigenvalue weighted by atomic mass is 9.91. The highest BCUT2D eigenvalue weighted by Gasteiger charge is 2.27. The van der Waals surface area contributed by atoms with E-state index in [4.69, 9.17) is 10.8 Å². The van der Waals surface area contributed by atoms with Gasteiger partial charge in [0.15, 0.2) is 5.65 Å². The molecule has 0 saturated heterocycles. The third kappa shape index (κ3) is 4.86. The van der Waals surface area contributed by atoms with E-state index in [2.05, 4.69) is 32.0 Å². The fourth-order valence-electron chi connectivity index (χ4n) is 6.21. The molecule has 0 aliphatic heterocycles. The summed E-state index contributed by atoms with van der Waals surface area (Å²) in [5.74, 6) is 0.210. The van der Waals surface area contributed by atoms with Gasteiger partial charge in [0.2, 0.25) is 0 Å². The van der Waals surface area contributed by atoms with Gasteiger partial charge < -0.3 is 20.7 Å². The lowest BCUT2D eigenvalue weighted by Crippen LogP contribution is -2.28. The SMILES string of the molecule is Nc1ncnc2c1c(-c1ccc3c(ccn3Cc3ccccc3F)c1)nn2C1CCC(Nc2cccc(CO)c2)CC1. The van der Waals surface area contributed by atoms with Crippen LogP contribution < -0.4 is 11.1 Å². The van der Waals surface area contributed by atoms with Crippen molar-refractivity contribution in [1.82, 2.24) is 24.3 Å². The number of hydrogen-bond acceptors (Lipinski definition) is 6. The molecule has 1 aliphatic carbocycles. The fraction of sp³-hybridized carbons (Fsp3) is 0.242. The van der Waals surface area contributed by atoms with E-state index in [-0.39, 0.29) is 18.5 Å². The molecule has 0 bridgehead atoms. The summed E-state index contributed by atoms with van der Waals surface area (Å²) in [5.41, 5.74) is 12.5. The van der Waals surface area contributed by atoms with Gasteiger partial charge in [-0.3, -0.25) is 0 Å². The molecule has 3 heterocycles. The largest absolute Gasteiger partial charge is 0.392 e. The van der Waals surface area contributed by atoms with Gasteiger partial charge in [0.1, 0.15) is 23.7 Å². The van der Waals surface area contributed by atoms with Crippen LogP contribution in [0.25, 0.3) is 33.2 Å². The summed E-state index contributed by atoms with van der Waals surface area (Å²) in [7, 11) is 0. The van der Waals surface area contributed by atoms with E-state index in [0.29, 0.717) is 24.0 Å². The molecule has 0 amide bonds. The Morgan fingerprint density at radius 3 is 2.64 bits per heavy atom. The van der Waals surface area contributed by atoms with E-state index < -0.39 is 0 Å². The normalized spacial score (nSPS) is 17.2. The van der Waals surface area contributed by atoms with Crippen molar-refractivity contribution in [2.45, 2.75) is 50.9 Å².